The second-order valence-corrected chi connectivity index (χ2v) is 11.0. The van der Waals surface area contributed by atoms with Gasteiger partial charge in [-0.25, -0.2) is 18.4 Å². The molecule has 1 aliphatic heterocycles. The number of methoxy groups -OCH3 is 2. The number of hydrogen-bond donors (Lipinski definition) is 2. The summed E-state index contributed by atoms with van der Waals surface area (Å²) in [4.78, 5) is 8.48. The van der Waals surface area contributed by atoms with E-state index in [1.807, 2.05) is 11.6 Å². The molecular formula is C24H28N8O5S. The summed E-state index contributed by atoms with van der Waals surface area (Å²) in [6.07, 6.45) is 5.61. The first-order valence-electron chi connectivity index (χ1n) is 11.9. The van der Waals surface area contributed by atoms with E-state index in [0.717, 1.165) is 30.6 Å². The third kappa shape index (κ3) is 4.45. The van der Waals surface area contributed by atoms with E-state index in [0.29, 0.717) is 17.1 Å². The van der Waals surface area contributed by atoms with Crippen molar-refractivity contribution in [3.63, 3.8) is 0 Å². The highest BCUT2D eigenvalue weighted by atomic mass is 32.2. The number of aryl methyl sites for hydroxylation is 2. The summed E-state index contributed by atoms with van der Waals surface area (Å²) in [5, 5.41) is 22.7. The summed E-state index contributed by atoms with van der Waals surface area (Å²) in [6.45, 7) is 4.10. The van der Waals surface area contributed by atoms with E-state index in [4.69, 9.17) is 9.47 Å². The average molecular weight is 541 g/mol. The summed E-state index contributed by atoms with van der Waals surface area (Å²) in [7, 11) is -1.28. The van der Waals surface area contributed by atoms with Gasteiger partial charge in [0.1, 0.15) is 28.5 Å². The Labute approximate surface area is 219 Å². The lowest BCUT2D eigenvalue weighted by Gasteiger charge is -2.22. The number of sulfonamides is 1. The summed E-state index contributed by atoms with van der Waals surface area (Å²) >= 11 is 0. The van der Waals surface area contributed by atoms with Crippen LogP contribution in [0.2, 0.25) is 0 Å². The van der Waals surface area contributed by atoms with Gasteiger partial charge < -0.3 is 14.6 Å². The first-order valence-corrected chi connectivity index (χ1v) is 13.5. The van der Waals surface area contributed by atoms with Gasteiger partial charge in [-0.05, 0) is 44.4 Å². The fourth-order valence-corrected chi connectivity index (χ4v) is 5.66. The topological polar surface area (TPSA) is 159 Å². The number of nitrogens with zero attached hydrogens (tertiary/aromatic N) is 7. The van der Waals surface area contributed by atoms with Crippen molar-refractivity contribution in [3.8, 4) is 28.6 Å². The zero-order valence-corrected chi connectivity index (χ0v) is 22.2. The van der Waals surface area contributed by atoms with Crippen molar-refractivity contribution in [2.45, 2.75) is 44.6 Å². The van der Waals surface area contributed by atoms with Gasteiger partial charge in [0.25, 0.3) is 0 Å². The Morgan fingerprint density at radius 2 is 1.89 bits per heavy atom. The molecule has 0 fully saturated rings. The fourth-order valence-electron chi connectivity index (χ4n) is 4.53. The number of rotatable bonds is 9. The van der Waals surface area contributed by atoms with Gasteiger partial charge in [0.05, 0.1) is 18.9 Å². The van der Waals surface area contributed by atoms with E-state index in [2.05, 4.69) is 30.0 Å². The molecule has 38 heavy (non-hydrogen) atoms. The molecule has 4 heterocycles. The van der Waals surface area contributed by atoms with Crippen LogP contribution in [0.15, 0.2) is 36.8 Å². The summed E-state index contributed by atoms with van der Waals surface area (Å²) in [5.41, 5.74) is 2.65. The van der Waals surface area contributed by atoms with Crippen molar-refractivity contribution >= 4 is 16.0 Å². The number of ether oxygens (including phenoxy) is 2. The minimum absolute atomic E-state index is 0.135. The Hall–Kier alpha value is -4.04. The van der Waals surface area contributed by atoms with Crippen LogP contribution in [0.4, 0.5) is 5.95 Å². The molecule has 0 aliphatic carbocycles. The van der Waals surface area contributed by atoms with E-state index in [9.17, 15) is 13.5 Å². The highest BCUT2D eigenvalue weighted by Gasteiger charge is 2.35. The van der Waals surface area contributed by atoms with Crippen LogP contribution in [0.3, 0.4) is 0 Å². The van der Waals surface area contributed by atoms with Crippen LogP contribution < -0.4 is 9.46 Å². The first-order chi connectivity index (χ1) is 18.2. The van der Waals surface area contributed by atoms with E-state index in [1.165, 1.54) is 31.8 Å². The molecule has 14 heteroatoms. The van der Waals surface area contributed by atoms with Crippen molar-refractivity contribution in [2.24, 2.45) is 0 Å². The van der Waals surface area contributed by atoms with Gasteiger partial charge in [-0.2, -0.15) is 5.10 Å². The number of benzene rings is 1. The summed E-state index contributed by atoms with van der Waals surface area (Å²) < 4.78 is 44.1. The van der Waals surface area contributed by atoms with Crippen LogP contribution >= 0.6 is 0 Å². The predicted octanol–water partition coefficient (Wildman–Crippen LogP) is 2.41. The molecule has 5 rings (SSSR count). The van der Waals surface area contributed by atoms with Crippen molar-refractivity contribution < 1.29 is 23.0 Å². The molecule has 0 amide bonds. The molecule has 13 nitrogen and oxygen atoms in total. The number of hydrogen-bond acceptors (Lipinski definition) is 10. The maximum absolute atomic E-state index is 13.6. The number of aromatic hydroxyl groups is 1. The molecule has 2 atom stereocenters. The average Bonchev–Trinajstić information content (AvgIpc) is 3.62. The fraction of sp³-hybridized carbons (Fsp3) is 0.375. The molecule has 0 bridgehead atoms. The maximum atomic E-state index is 13.6. The second-order valence-electron chi connectivity index (χ2n) is 8.97. The molecule has 1 aromatic carbocycles. The number of aromatic nitrogens is 7. The van der Waals surface area contributed by atoms with E-state index < -0.39 is 21.4 Å². The van der Waals surface area contributed by atoms with Gasteiger partial charge in [-0.3, -0.25) is 14.0 Å². The predicted molar refractivity (Wildman–Crippen MR) is 138 cm³/mol. The van der Waals surface area contributed by atoms with Crippen molar-refractivity contribution in [2.75, 3.05) is 18.9 Å². The van der Waals surface area contributed by atoms with Crippen LogP contribution in [-0.4, -0.2) is 67.5 Å². The molecule has 0 radical (unpaired) electrons. The number of anilines is 1. The molecule has 1 aliphatic rings. The number of phenols is 1. The first kappa shape index (κ1) is 25.6. The van der Waals surface area contributed by atoms with Crippen LogP contribution in [-0.2, 0) is 27.7 Å². The van der Waals surface area contributed by atoms with Gasteiger partial charge in [0.2, 0.25) is 16.0 Å². The zero-order chi connectivity index (χ0) is 27.0. The standard InChI is InChI=1S/C24H28N8O5S/c1-14-11-25-22(26-12-14)21(37-4)15(2)38(34,35)30-24-29-28-23(16-13-27-31-10-6-7-17(16)31)32(24)20-18(33)8-5-9-19(20)36-3/h5,8-9,11-13,15,21,33H,6-7,10H2,1-4H3,(H,29,30)/t15-,21-/m0/s1. The third-order valence-electron chi connectivity index (χ3n) is 6.52. The zero-order valence-electron chi connectivity index (χ0n) is 21.4. The minimum atomic E-state index is -4.13. The van der Waals surface area contributed by atoms with E-state index in [1.54, 1.807) is 30.7 Å². The summed E-state index contributed by atoms with van der Waals surface area (Å²) in [6, 6.07) is 4.74. The Kier molecular flexibility index (Phi) is 6.75. The number of para-hydroxylation sites is 1. The Bertz CT molecular complexity index is 1570. The van der Waals surface area contributed by atoms with E-state index >= 15 is 0 Å². The smallest absolute Gasteiger partial charge is 0.243 e. The Morgan fingerprint density at radius 3 is 2.61 bits per heavy atom. The van der Waals surface area contributed by atoms with Gasteiger partial charge in [0.15, 0.2) is 11.6 Å². The van der Waals surface area contributed by atoms with Crippen LogP contribution in [0, 0.1) is 6.92 Å². The maximum Gasteiger partial charge on any atom is 0.243 e. The van der Waals surface area contributed by atoms with Gasteiger partial charge in [0, 0.05) is 31.7 Å². The molecule has 0 unspecified atom stereocenters. The van der Waals surface area contributed by atoms with Gasteiger partial charge >= 0.3 is 0 Å². The number of phenolic OH excluding ortho intramolecular Hbond substituents is 1. The van der Waals surface area contributed by atoms with Crippen molar-refractivity contribution in [1.29, 1.82) is 0 Å². The molecule has 4 aromatic rings. The van der Waals surface area contributed by atoms with Crippen LogP contribution in [0.5, 0.6) is 11.5 Å². The monoisotopic (exact) mass is 540 g/mol. The molecule has 0 saturated heterocycles. The van der Waals surface area contributed by atoms with Crippen molar-refractivity contribution in [3.05, 3.63) is 53.9 Å². The highest BCUT2D eigenvalue weighted by Crippen LogP contribution is 2.39. The Balaban J connectivity index is 1.60. The lowest BCUT2D eigenvalue weighted by molar-refractivity contribution is 0.0949. The molecule has 0 spiro atoms. The lowest BCUT2D eigenvalue weighted by Crippen LogP contribution is -2.33. The molecular weight excluding hydrogens is 512 g/mol. The molecule has 2 N–H and O–H groups in total. The minimum Gasteiger partial charge on any atom is -0.506 e. The SMILES string of the molecule is COc1cccc(O)c1-n1c(NS(=O)(=O)[C@@H](C)[C@H](OC)c2ncc(C)cn2)nnc1-c1cnn2c1CCC2. The van der Waals surface area contributed by atoms with Crippen LogP contribution in [0.25, 0.3) is 17.1 Å². The quantitative estimate of drug-likeness (QED) is 0.323. The Morgan fingerprint density at radius 1 is 1.13 bits per heavy atom. The third-order valence-corrected chi connectivity index (χ3v) is 8.21. The summed E-state index contributed by atoms with van der Waals surface area (Å²) in [5.74, 6) is 0.556. The second kappa shape index (κ2) is 10.0. The highest BCUT2D eigenvalue weighted by molar-refractivity contribution is 7.93. The lowest BCUT2D eigenvalue weighted by atomic mass is 10.1. The van der Waals surface area contributed by atoms with Gasteiger partial charge in [-0.15, -0.1) is 10.2 Å². The molecule has 0 saturated carbocycles. The number of nitrogens with one attached hydrogen (secondary N) is 1. The van der Waals surface area contributed by atoms with Crippen molar-refractivity contribution in [1.82, 2.24) is 34.5 Å². The van der Waals surface area contributed by atoms with Crippen LogP contribution in [0.1, 0.15) is 36.5 Å². The van der Waals surface area contributed by atoms with Gasteiger partial charge in [-0.1, -0.05) is 6.07 Å². The number of fused-ring (bicyclic) bond motifs is 1. The van der Waals surface area contributed by atoms with E-state index in [-0.39, 0.29) is 23.2 Å². The molecule has 3 aromatic heterocycles. The molecule has 200 valence electrons. The largest absolute Gasteiger partial charge is 0.506 e. The normalized spacial score (nSPS) is 14.7.